The van der Waals surface area contributed by atoms with Gasteiger partial charge in [-0.3, -0.25) is 9.89 Å². The number of aromatic nitrogens is 2. The van der Waals surface area contributed by atoms with E-state index in [4.69, 9.17) is 5.73 Å². The van der Waals surface area contributed by atoms with E-state index in [0.29, 0.717) is 12.2 Å². The van der Waals surface area contributed by atoms with E-state index in [9.17, 15) is 4.79 Å². The van der Waals surface area contributed by atoms with Crippen LogP contribution in [0, 0.1) is 0 Å². The van der Waals surface area contributed by atoms with Crippen LogP contribution in [0.2, 0.25) is 0 Å². The maximum absolute atomic E-state index is 11.8. The van der Waals surface area contributed by atoms with Crippen molar-refractivity contribution in [1.29, 1.82) is 0 Å². The Bertz CT molecular complexity index is 300. The molecule has 0 spiro atoms. The molecule has 4 N–H and O–H groups in total. The van der Waals surface area contributed by atoms with Crippen molar-refractivity contribution >= 4 is 18.3 Å². The van der Waals surface area contributed by atoms with E-state index < -0.39 is 0 Å². The number of rotatable bonds is 5. The van der Waals surface area contributed by atoms with Crippen LogP contribution in [0.3, 0.4) is 0 Å². The van der Waals surface area contributed by atoms with Gasteiger partial charge in [0.2, 0.25) is 0 Å². The van der Waals surface area contributed by atoms with Crippen molar-refractivity contribution in [3.05, 3.63) is 18.0 Å². The zero-order chi connectivity index (χ0) is 11.3. The SMILES string of the molecule is CCC(CC)(CN)NC(=O)c1ccn[nH]1.Cl. The third-order valence-corrected chi connectivity index (χ3v) is 2.87. The summed E-state index contributed by atoms with van der Waals surface area (Å²) in [5, 5.41) is 9.31. The third kappa shape index (κ3) is 3.21. The van der Waals surface area contributed by atoms with Crippen molar-refractivity contribution in [2.45, 2.75) is 32.2 Å². The number of halogens is 1. The molecule has 1 amide bonds. The van der Waals surface area contributed by atoms with Gasteiger partial charge in [0.25, 0.3) is 5.91 Å². The molecule has 0 aliphatic heterocycles. The van der Waals surface area contributed by atoms with Gasteiger partial charge in [0.05, 0.1) is 5.54 Å². The molecule has 0 fully saturated rings. The summed E-state index contributed by atoms with van der Waals surface area (Å²) in [7, 11) is 0. The van der Waals surface area contributed by atoms with Gasteiger partial charge >= 0.3 is 0 Å². The van der Waals surface area contributed by atoms with Crippen molar-refractivity contribution in [3.8, 4) is 0 Å². The molecule has 1 aromatic rings. The largest absolute Gasteiger partial charge is 0.344 e. The summed E-state index contributed by atoms with van der Waals surface area (Å²) >= 11 is 0. The van der Waals surface area contributed by atoms with Crippen LogP contribution in [-0.2, 0) is 0 Å². The van der Waals surface area contributed by atoms with Gasteiger partial charge in [-0.15, -0.1) is 12.4 Å². The zero-order valence-corrected chi connectivity index (χ0v) is 10.4. The summed E-state index contributed by atoms with van der Waals surface area (Å²) < 4.78 is 0. The van der Waals surface area contributed by atoms with Gasteiger partial charge in [-0.2, -0.15) is 5.10 Å². The molecule has 0 aliphatic carbocycles. The molecule has 0 atom stereocenters. The molecule has 1 aromatic heterocycles. The standard InChI is InChI=1S/C10H18N4O.ClH/c1-3-10(4-2,7-11)13-9(15)8-5-6-12-14-8;/h5-6H,3-4,7,11H2,1-2H3,(H,12,14)(H,13,15);1H. The summed E-state index contributed by atoms with van der Waals surface area (Å²) in [5.74, 6) is -0.151. The number of hydrogen-bond acceptors (Lipinski definition) is 3. The fraction of sp³-hybridized carbons (Fsp3) is 0.600. The van der Waals surface area contributed by atoms with Gasteiger partial charge in [-0.25, -0.2) is 0 Å². The molecule has 0 bridgehead atoms. The van der Waals surface area contributed by atoms with Crippen molar-refractivity contribution in [3.63, 3.8) is 0 Å². The second-order valence-corrected chi connectivity index (χ2v) is 3.62. The van der Waals surface area contributed by atoms with Crippen LogP contribution < -0.4 is 11.1 Å². The quantitative estimate of drug-likeness (QED) is 0.727. The highest BCUT2D eigenvalue weighted by molar-refractivity contribution is 5.92. The molecule has 92 valence electrons. The first kappa shape index (κ1) is 14.9. The zero-order valence-electron chi connectivity index (χ0n) is 9.62. The maximum atomic E-state index is 11.8. The van der Waals surface area contributed by atoms with Gasteiger partial charge in [-0.1, -0.05) is 13.8 Å². The van der Waals surface area contributed by atoms with E-state index in [0.717, 1.165) is 12.8 Å². The predicted octanol–water partition coefficient (Wildman–Crippen LogP) is 1.08. The monoisotopic (exact) mass is 246 g/mol. The highest BCUT2D eigenvalue weighted by Gasteiger charge is 2.26. The van der Waals surface area contributed by atoms with Gasteiger partial charge in [0.1, 0.15) is 5.69 Å². The number of carbonyl (C=O) groups is 1. The number of nitrogens with zero attached hydrogens (tertiary/aromatic N) is 1. The van der Waals surface area contributed by atoms with Crippen molar-refractivity contribution in [2.75, 3.05) is 6.54 Å². The number of carbonyl (C=O) groups excluding carboxylic acids is 1. The first-order chi connectivity index (χ1) is 7.17. The third-order valence-electron chi connectivity index (χ3n) is 2.87. The van der Waals surface area contributed by atoms with Crippen molar-refractivity contribution < 1.29 is 4.79 Å². The molecule has 0 aromatic carbocycles. The minimum atomic E-state index is -0.303. The van der Waals surface area contributed by atoms with Gasteiger partial charge < -0.3 is 11.1 Å². The minimum absolute atomic E-state index is 0. The average molecular weight is 247 g/mol. The Morgan fingerprint density at radius 1 is 1.56 bits per heavy atom. The van der Waals surface area contributed by atoms with Crippen LogP contribution in [-0.4, -0.2) is 28.2 Å². The lowest BCUT2D eigenvalue weighted by molar-refractivity contribution is 0.0890. The summed E-state index contributed by atoms with van der Waals surface area (Å²) in [6.45, 7) is 4.48. The molecular weight excluding hydrogens is 228 g/mol. The lowest BCUT2D eigenvalue weighted by Crippen LogP contribution is -2.52. The van der Waals surface area contributed by atoms with Crippen LogP contribution in [0.25, 0.3) is 0 Å². The van der Waals surface area contributed by atoms with Gasteiger partial charge in [-0.05, 0) is 18.9 Å². The second-order valence-electron chi connectivity index (χ2n) is 3.62. The van der Waals surface area contributed by atoms with E-state index >= 15 is 0 Å². The van der Waals surface area contributed by atoms with Crippen LogP contribution in [0.15, 0.2) is 12.3 Å². The van der Waals surface area contributed by atoms with E-state index in [2.05, 4.69) is 15.5 Å². The Hall–Kier alpha value is -1.07. The fourth-order valence-corrected chi connectivity index (χ4v) is 1.46. The smallest absolute Gasteiger partial charge is 0.269 e. The molecule has 1 heterocycles. The highest BCUT2D eigenvalue weighted by atomic mass is 35.5. The van der Waals surface area contributed by atoms with Crippen LogP contribution >= 0.6 is 12.4 Å². The minimum Gasteiger partial charge on any atom is -0.344 e. The molecule has 1 rings (SSSR count). The summed E-state index contributed by atoms with van der Waals surface area (Å²) in [5.41, 5.74) is 5.85. The number of nitrogens with one attached hydrogen (secondary N) is 2. The molecule has 6 heteroatoms. The van der Waals surface area contributed by atoms with Crippen molar-refractivity contribution in [2.24, 2.45) is 5.73 Å². The number of nitrogens with two attached hydrogens (primary N) is 1. The topological polar surface area (TPSA) is 83.8 Å². The van der Waals surface area contributed by atoms with E-state index in [-0.39, 0.29) is 23.9 Å². The van der Waals surface area contributed by atoms with E-state index in [1.165, 1.54) is 0 Å². The number of hydrogen-bond donors (Lipinski definition) is 3. The Balaban J connectivity index is 0.00000225. The summed E-state index contributed by atoms with van der Waals surface area (Å²) in [4.78, 5) is 11.8. The molecule has 0 unspecified atom stereocenters. The Kier molecular flexibility index (Phi) is 6.06. The molecule has 0 saturated carbocycles. The predicted molar refractivity (Wildman–Crippen MR) is 65.7 cm³/mol. The summed E-state index contributed by atoms with van der Waals surface area (Å²) in [6.07, 6.45) is 3.19. The van der Waals surface area contributed by atoms with Crippen LogP contribution in [0.5, 0.6) is 0 Å². The molecule has 16 heavy (non-hydrogen) atoms. The normalized spacial score (nSPS) is 10.7. The lowest BCUT2D eigenvalue weighted by atomic mass is 9.93. The van der Waals surface area contributed by atoms with Gasteiger partial charge in [0, 0.05) is 12.7 Å². The molecule has 0 radical (unpaired) electrons. The average Bonchev–Trinajstić information content (AvgIpc) is 2.79. The molecular formula is C10H19ClN4O. The lowest BCUT2D eigenvalue weighted by Gasteiger charge is -2.31. The summed E-state index contributed by atoms with van der Waals surface area (Å²) in [6, 6.07) is 1.64. The number of H-pyrrole nitrogens is 1. The molecule has 5 nitrogen and oxygen atoms in total. The van der Waals surface area contributed by atoms with Crippen molar-refractivity contribution in [1.82, 2.24) is 15.5 Å². The molecule has 0 saturated heterocycles. The number of amides is 1. The number of aromatic amines is 1. The Labute approximate surface area is 102 Å². The second kappa shape index (κ2) is 6.50. The molecule has 0 aliphatic rings. The highest BCUT2D eigenvalue weighted by Crippen LogP contribution is 2.13. The fourth-order valence-electron chi connectivity index (χ4n) is 1.46. The van der Waals surface area contributed by atoms with Crippen LogP contribution in [0.4, 0.5) is 0 Å². The van der Waals surface area contributed by atoms with E-state index in [1.807, 2.05) is 13.8 Å². The Morgan fingerprint density at radius 2 is 2.19 bits per heavy atom. The van der Waals surface area contributed by atoms with Crippen LogP contribution in [0.1, 0.15) is 37.2 Å². The van der Waals surface area contributed by atoms with E-state index in [1.54, 1.807) is 12.3 Å². The first-order valence-corrected chi connectivity index (χ1v) is 5.19. The maximum Gasteiger partial charge on any atom is 0.269 e. The van der Waals surface area contributed by atoms with Gasteiger partial charge in [0.15, 0.2) is 0 Å². The first-order valence-electron chi connectivity index (χ1n) is 5.19. The Morgan fingerprint density at radius 3 is 2.56 bits per heavy atom.